The summed E-state index contributed by atoms with van der Waals surface area (Å²) in [5, 5.41) is 30.0. The van der Waals surface area contributed by atoms with E-state index in [9.17, 15) is 0 Å². The summed E-state index contributed by atoms with van der Waals surface area (Å²) >= 11 is 1.64. The maximum Gasteiger partial charge on any atom is 0.103 e. The monoisotopic (exact) mass is 260 g/mol. The van der Waals surface area contributed by atoms with Crippen molar-refractivity contribution in [3.63, 3.8) is 0 Å². The van der Waals surface area contributed by atoms with Crippen molar-refractivity contribution >= 4 is 11.8 Å². The summed E-state index contributed by atoms with van der Waals surface area (Å²) in [6, 6.07) is 2.31. The van der Waals surface area contributed by atoms with Crippen LogP contribution in [-0.4, -0.2) is 46.5 Å². The Kier molecular flexibility index (Phi) is 9.56. The van der Waals surface area contributed by atoms with Crippen LogP contribution in [0.2, 0.25) is 0 Å². The molecule has 0 saturated carbocycles. The minimum atomic E-state index is -0.605. The van der Waals surface area contributed by atoms with Crippen molar-refractivity contribution in [3.8, 4) is 6.07 Å². The smallest absolute Gasteiger partial charge is 0.103 e. The third kappa shape index (κ3) is 8.44. The van der Waals surface area contributed by atoms with E-state index in [0.29, 0.717) is 5.75 Å². The minimum absolute atomic E-state index is 0.167. The average Bonchev–Trinajstić information content (AvgIpc) is 2.33. The maximum atomic E-state index is 9.13. The molecule has 0 aliphatic carbocycles. The first kappa shape index (κ1) is 16.7. The Hall–Kier alpha value is -0.280. The maximum absolute atomic E-state index is 9.13. The predicted octanol–water partition coefficient (Wildman–Crippen LogP) is 1.13. The van der Waals surface area contributed by atoms with Gasteiger partial charge in [0.25, 0.3) is 0 Å². The average molecular weight is 260 g/mol. The summed E-state index contributed by atoms with van der Waals surface area (Å²) in [5.41, 5.74) is -0.413. The molecule has 0 saturated heterocycles. The summed E-state index contributed by atoms with van der Waals surface area (Å²) in [7, 11) is 0. The van der Waals surface area contributed by atoms with Crippen molar-refractivity contribution in [1.29, 1.82) is 5.26 Å². The van der Waals surface area contributed by atoms with Gasteiger partial charge in [-0.15, -0.1) is 0 Å². The van der Waals surface area contributed by atoms with E-state index >= 15 is 0 Å². The van der Waals surface area contributed by atoms with Crippen molar-refractivity contribution in [2.45, 2.75) is 44.8 Å². The molecular weight excluding hydrogens is 236 g/mol. The van der Waals surface area contributed by atoms with Gasteiger partial charge in [-0.05, 0) is 38.5 Å². The molecule has 0 aliphatic rings. The molecule has 2 atom stereocenters. The molecule has 0 amide bonds. The van der Waals surface area contributed by atoms with E-state index in [1.807, 2.05) is 13.8 Å². The molecule has 0 aliphatic heterocycles. The van der Waals surface area contributed by atoms with Gasteiger partial charge in [-0.25, -0.2) is 0 Å². The SMILES string of the molecule is CCNC(C)(C#N)CCCCSCC(O)CO. The molecule has 17 heavy (non-hydrogen) atoms. The number of rotatable bonds is 10. The number of unbranched alkanes of at least 4 members (excludes halogenated alkanes) is 1. The third-order valence-electron chi connectivity index (χ3n) is 2.55. The van der Waals surface area contributed by atoms with Crippen LogP contribution >= 0.6 is 11.8 Å². The van der Waals surface area contributed by atoms with Gasteiger partial charge in [0, 0.05) is 5.75 Å². The zero-order valence-corrected chi connectivity index (χ0v) is 11.6. The predicted molar refractivity (Wildman–Crippen MR) is 72.0 cm³/mol. The Labute approximate surface area is 108 Å². The van der Waals surface area contributed by atoms with Crippen LogP contribution in [0.1, 0.15) is 33.1 Å². The highest BCUT2D eigenvalue weighted by Gasteiger charge is 2.20. The fourth-order valence-corrected chi connectivity index (χ4v) is 2.48. The molecule has 0 spiro atoms. The van der Waals surface area contributed by atoms with Gasteiger partial charge in [0.05, 0.1) is 18.8 Å². The number of nitrogens with one attached hydrogen (secondary N) is 1. The Morgan fingerprint density at radius 1 is 1.47 bits per heavy atom. The first-order chi connectivity index (χ1) is 8.08. The molecule has 2 unspecified atom stereocenters. The molecule has 5 heteroatoms. The van der Waals surface area contributed by atoms with Crippen LogP contribution in [0.5, 0.6) is 0 Å². The second-order valence-corrected chi connectivity index (χ2v) is 5.49. The van der Waals surface area contributed by atoms with Gasteiger partial charge in [-0.2, -0.15) is 17.0 Å². The van der Waals surface area contributed by atoms with E-state index in [-0.39, 0.29) is 6.61 Å². The molecule has 3 N–H and O–H groups in total. The highest BCUT2D eigenvalue weighted by Crippen LogP contribution is 2.15. The van der Waals surface area contributed by atoms with Crippen LogP contribution in [-0.2, 0) is 0 Å². The van der Waals surface area contributed by atoms with E-state index in [0.717, 1.165) is 31.6 Å². The Bertz CT molecular complexity index is 233. The molecule has 0 aromatic rings. The highest BCUT2D eigenvalue weighted by atomic mass is 32.2. The van der Waals surface area contributed by atoms with Crippen molar-refractivity contribution in [2.75, 3.05) is 24.7 Å². The first-order valence-corrected chi connectivity index (χ1v) is 7.26. The summed E-state index contributed by atoms with van der Waals surface area (Å²) in [6.07, 6.45) is 2.27. The lowest BCUT2D eigenvalue weighted by Gasteiger charge is -2.22. The zero-order chi connectivity index (χ0) is 13.1. The van der Waals surface area contributed by atoms with Gasteiger partial charge < -0.3 is 10.2 Å². The van der Waals surface area contributed by atoms with Crippen LogP contribution in [0, 0.1) is 11.3 Å². The number of thioether (sulfide) groups is 1. The van der Waals surface area contributed by atoms with Gasteiger partial charge in [0.15, 0.2) is 0 Å². The van der Waals surface area contributed by atoms with Crippen LogP contribution in [0.3, 0.4) is 0 Å². The lowest BCUT2D eigenvalue weighted by molar-refractivity contribution is 0.113. The van der Waals surface area contributed by atoms with Crippen molar-refractivity contribution in [3.05, 3.63) is 0 Å². The largest absolute Gasteiger partial charge is 0.394 e. The molecule has 0 bridgehead atoms. The van der Waals surface area contributed by atoms with Crippen LogP contribution in [0.4, 0.5) is 0 Å². The molecular formula is C12H24N2O2S. The van der Waals surface area contributed by atoms with Gasteiger partial charge in [-0.1, -0.05) is 6.92 Å². The number of hydrogen-bond acceptors (Lipinski definition) is 5. The van der Waals surface area contributed by atoms with Crippen LogP contribution in [0.15, 0.2) is 0 Å². The fraction of sp³-hybridized carbons (Fsp3) is 0.917. The van der Waals surface area contributed by atoms with E-state index in [1.165, 1.54) is 0 Å². The normalized spacial score (nSPS) is 16.2. The molecule has 0 fully saturated rings. The molecule has 0 aromatic carbocycles. The van der Waals surface area contributed by atoms with Crippen molar-refractivity contribution in [2.24, 2.45) is 0 Å². The Morgan fingerprint density at radius 3 is 2.71 bits per heavy atom. The van der Waals surface area contributed by atoms with Crippen molar-refractivity contribution < 1.29 is 10.2 Å². The van der Waals surface area contributed by atoms with Gasteiger partial charge >= 0.3 is 0 Å². The minimum Gasteiger partial charge on any atom is -0.394 e. The Morgan fingerprint density at radius 2 is 2.18 bits per heavy atom. The topological polar surface area (TPSA) is 76.3 Å². The summed E-state index contributed by atoms with van der Waals surface area (Å²) < 4.78 is 0. The summed E-state index contributed by atoms with van der Waals surface area (Å²) in [4.78, 5) is 0. The standard InChI is InChI=1S/C12H24N2O2S/c1-3-14-12(2,10-13)6-4-5-7-17-9-11(16)8-15/h11,14-16H,3-9H2,1-2H3. The molecule has 0 heterocycles. The van der Waals surface area contributed by atoms with Gasteiger partial charge in [0.1, 0.15) is 5.54 Å². The fourth-order valence-electron chi connectivity index (χ4n) is 1.53. The number of nitrogens with zero attached hydrogens (tertiary/aromatic N) is 1. The lowest BCUT2D eigenvalue weighted by atomic mass is 9.97. The number of hydrogen-bond donors (Lipinski definition) is 3. The molecule has 100 valence electrons. The third-order valence-corrected chi connectivity index (χ3v) is 3.75. The van der Waals surface area contributed by atoms with E-state index < -0.39 is 11.6 Å². The number of aliphatic hydroxyl groups is 2. The zero-order valence-electron chi connectivity index (χ0n) is 10.8. The van der Waals surface area contributed by atoms with Gasteiger partial charge in [0.2, 0.25) is 0 Å². The second kappa shape index (κ2) is 9.72. The molecule has 0 aromatic heterocycles. The molecule has 4 nitrogen and oxygen atoms in total. The van der Waals surface area contributed by atoms with Gasteiger partial charge in [-0.3, -0.25) is 5.32 Å². The summed E-state index contributed by atoms with van der Waals surface area (Å²) in [6.45, 7) is 4.57. The molecule has 0 rings (SSSR count). The highest BCUT2D eigenvalue weighted by molar-refractivity contribution is 7.99. The van der Waals surface area contributed by atoms with Crippen LogP contribution in [0.25, 0.3) is 0 Å². The summed E-state index contributed by atoms with van der Waals surface area (Å²) in [5.74, 6) is 1.55. The Balaban J connectivity index is 3.53. The van der Waals surface area contributed by atoms with E-state index in [1.54, 1.807) is 11.8 Å². The van der Waals surface area contributed by atoms with Crippen LogP contribution < -0.4 is 5.32 Å². The van der Waals surface area contributed by atoms with E-state index in [2.05, 4.69) is 11.4 Å². The van der Waals surface area contributed by atoms with Crippen molar-refractivity contribution in [1.82, 2.24) is 5.32 Å². The number of aliphatic hydroxyl groups excluding tert-OH is 2. The quantitative estimate of drug-likeness (QED) is 0.513. The first-order valence-electron chi connectivity index (χ1n) is 6.11. The lowest BCUT2D eigenvalue weighted by Crippen LogP contribution is -2.40. The van der Waals surface area contributed by atoms with E-state index in [4.69, 9.17) is 15.5 Å². The second-order valence-electron chi connectivity index (χ2n) is 4.34. The number of nitriles is 1. The molecule has 0 radical (unpaired) electrons.